The molecule has 0 aromatic carbocycles. The maximum atomic E-state index is 9.85. The number of hydrogen-bond donors (Lipinski definition) is 4. The molecule has 8 aromatic rings. The summed E-state index contributed by atoms with van der Waals surface area (Å²) in [5.41, 5.74) is 17.5. The zero-order valence-electron chi connectivity index (χ0n) is 40.4. The van der Waals surface area contributed by atoms with E-state index in [2.05, 4.69) is 0 Å². The quantitative estimate of drug-likeness (QED) is 0.0764. The van der Waals surface area contributed by atoms with Crippen LogP contribution in [0.5, 0.6) is 23.5 Å². The Morgan fingerprint density at radius 3 is 1.10 bits per heavy atom. The molecule has 22 nitrogen and oxygen atoms in total. The number of rotatable bonds is 15. The number of amidine groups is 4. The third kappa shape index (κ3) is 8.58. The van der Waals surface area contributed by atoms with Crippen LogP contribution >= 0.6 is 0 Å². The van der Waals surface area contributed by atoms with Crippen LogP contribution in [0.25, 0.3) is 22.1 Å². The number of ether oxygens (including phenoxy) is 4. The largest absolute Gasteiger partial charge is 0.475 e. The lowest BCUT2D eigenvalue weighted by Gasteiger charge is -2.42. The van der Waals surface area contributed by atoms with E-state index in [-0.39, 0.29) is 87.6 Å². The molecular formula is C50H52N18O4. The van der Waals surface area contributed by atoms with E-state index in [1.165, 1.54) is 22.2 Å². The van der Waals surface area contributed by atoms with Crippen LogP contribution in [-0.2, 0) is 0 Å². The topological polar surface area (TPSA) is 262 Å². The van der Waals surface area contributed by atoms with Gasteiger partial charge in [0, 0.05) is 24.8 Å². The van der Waals surface area contributed by atoms with Crippen molar-refractivity contribution in [2.45, 2.75) is 66.6 Å². The van der Waals surface area contributed by atoms with Gasteiger partial charge in [-0.05, 0) is 101 Å². The molecule has 0 fully saturated rings. The average Bonchev–Trinajstić information content (AvgIpc) is 4.10. The Balaban J connectivity index is 1.34. The van der Waals surface area contributed by atoms with Gasteiger partial charge in [-0.15, -0.1) is 20.4 Å². The normalized spacial score (nSPS) is 16.8. The molecule has 0 atom stereocenters. The molecule has 22 heteroatoms. The lowest BCUT2D eigenvalue weighted by molar-refractivity contribution is 0.232. The smallest absolute Gasteiger partial charge is 0.260 e. The zero-order chi connectivity index (χ0) is 50.2. The summed E-state index contributed by atoms with van der Waals surface area (Å²) in [7, 11) is 0. The Kier molecular flexibility index (Phi) is 12.4. The summed E-state index contributed by atoms with van der Waals surface area (Å²) in [5.74, 6) is 0.713. The molecular weight excluding hydrogens is 917 g/mol. The van der Waals surface area contributed by atoms with E-state index in [0.29, 0.717) is 65.2 Å². The summed E-state index contributed by atoms with van der Waals surface area (Å²) in [6, 6.07) is 22.2. The van der Waals surface area contributed by atoms with Gasteiger partial charge in [-0.1, -0.05) is 38.1 Å². The summed E-state index contributed by atoms with van der Waals surface area (Å²) in [4.78, 5) is 21.2. The molecule has 2 aliphatic heterocycles. The van der Waals surface area contributed by atoms with Crippen molar-refractivity contribution >= 4 is 79.6 Å². The molecule has 72 heavy (non-hydrogen) atoms. The first-order valence-electron chi connectivity index (χ1n) is 23.5. The number of nitrogens with zero attached hydrogens (tertiary/aromatic N) is 14. The number of nitrogens with two attached hydrogens (primary N) is 2. The summed E-state index contributed by atoms with van der Waals surface area (Å²) in [6.45, 7) is 12.2. The molecule has 10 rings (SSSR count). The Bertz CT molecular complexity index is 3620. The lowest BCUT2D eigenvalue weighted by atomic mass is 10.1. The monoisotopic (exact) mass is 968 g/mol. The molecule has 366 valence electrons. The van der Waals surface area contributed by atoms with Gasteiger partial charge in [-0.3, -0.25) is 10.8 Å². The van der Waals surface area contributed by atoms with E-state index in [0.717, 1.165) is 0 Å². The van der Waals surface area contributed by atoms with Gasteiger partial charge in [0.1, 0.15) is 11.4 Å². The van der Waals surface area contributed by atoms with Crippen LogP contribution in [0.2, 0.25) is 0 Å². The van der Waals surface area contributed by atoms with E-state index >= 15 is 0 Å². The number of nitrogens with one attached hydrogen (secondary N) is 2. The second-order valence-corrected chi connectivity index (χ2v) is 17.2. The van der Waals surface area contributed by atoms with E-state index < -0.39 is 0 Å². The van der Waals surface area contributed by atoms with Crippen LogP contribution < -0.4 is 30.4 Å². The third-order valence-electron chi connectivity index (χ3n) is 11.0. The minimum Gasteiger partial charge on any atom is -0.475 e. The third-order valence-corrected chi connectivity index (χ3v) is 11.0. The van der Waals surface area contributed by atoms with E-state index in [1.54, 1.807) is 42.8 Å². The van der Waals surface area contributed by atoms with E-state index in [9.17, 15) is 10.8 Å². The predicted octanol–water partition coefficient (Wildman–Crippen LogP) is 7.92. The van der Waals surface area contributed by atoms with Gasteiger partial charge in [0.2, 0.25) is 0 Å². The zero-order valence-corrected chi connectivity index (χ0v) is 40.4. The van der Waals surface area contributed by atoms with Crippen LogP contribution in [0.3, 0.4) is 0 Å². The molecule has 8 aromatic heterocycles. The van der Waals surface area contributed by atoms with E-state index in [4.69, 9.17) is 70.8 Å². The summed E-state index contributed by atoms with van der Waals surface area (Å²) >= 11 is 0. The SMILES string of the molecule is CCCOc1nn2ccccc2c1N=C1C(=N)C=C(N)C(=Nc2c(OCCC)nn3ccccc23)N1N1C(=Nc2c(OC(C)C)nn3ccccc23)C(=N)C=C(N)C1=Nc1c(OC(C)C)nn2ccccc12. The number of fused-ring (bicyclic) bond motifs is 4. The fourth-order valence-electron chi connectivity index (χ4n) is 7.96. The van der Waals surface area contributed by atoms with Gasteiger partial charge in [0.05, 0.1) is 58.9 Å². The molecule has 0 spiro atoms. The Morgan fingerprint density at radius 2 is 0.778 bits per heavy atom. The van der Waals surface area contributed by atoms with Gasteiger partial charge >= 0.3 is 0 Å². The van der Waals surface area contributed by atoms with Crippen molar-refractivity contribution in [3.05, 3.63) is 121 Å². The number of pyridine rings is 4. The van der Waals surface area contributed by atoms with Crippen LogP contribution in [0.1, 0.15) is 54.4 Å². The minimum atomic E-state index is -0.312. The fraction of sp³-hybridized carbons (Fsp3) is 0.240. The highest BCUT2D eigenvalue weighted by molar-refractivity contribution is 6.54. The van der Waals surface area contributed by atoms with E-state index in [1.807, 2.05) is 114 Å². The highest BCUT2D eigenvalue weighted by Crippen LogP contribution is 2.40. The Labute approximate surface area is 412 Å². The lowest BCUT2D eigenvalue weighted by Crippen LogP contribution is -2.63. The number of aliphatic imine (C=N–C) groups is 4. The first-order chi connectivity index (χ1) is 34.9. The highest BCUT2D eigenvalue weighted by Gasteiger charge is 2.42. The maximum Gasteiger partial charge on any atom is 0.260 e. The predicted molar refractivity (Wildman–Crippen MR) is 276 cm³/mol. The number of hydrogen-bond acceptors (Lipinski definition) is 16. The second-order valence-electron chi connectivity index (χ2n) is 17.2. The van der Waals surface area contributed by atoms with Crippen molar-refractivity contribution in [2.24, 2.45) is 31.4 Å². The summed E-state index contributed by atoms with van der Waals surface area (Å²) in [6.07, 6.45) is 10.8. The maximum absolute atomic E-state index is 9.85. The summed E-state index contributed by atoms with van der Waals surface area (Å²) < 4.78 is 31.8. The number of hydrazine groups is 1. The van der Waals surface area contributed by atoms with Crippen LogP contribution in [0.4, 0.5) is 22.7 Å². The van der Waals surface area contributed by atoms with Crippen LogP contribution in [0.15, 0.2) is 141 Å². The molecule has 0 unspecified atom stereocenters. The molecule has 0 saturated heterocycles. The van der Waals surface area contributed by atoms with Gasteiger partial charge in [-0.25, -0.2) is 48.0 Å². The Hall–Kier alpha value is -9.34. The summed E-state index contributed by atoms with van der Waals surface area (Å²) in [5, 5.41) is 41.7. The highest BCUT2D eigenvalue weighted by atomic mass is 16.5. The molecule has 0 saturated carbocycles. The molecule has 10 heterocycles. The molecule has 0 amide bonds. The van der Waals surface area contributed by atoms with Crippen LogP contribution in [0, 0.1) is 10.8 Å². The van der Waals surface area contributed by atoms with Crippen molar-refractivity contribution < 1.29 is 18.9 Å². The molecule has 0 radical (unpaired) electrons. The first kappa shape index (κ1) is 46.4. The van der Waals surface area contributed by atoms with Gasteiger partial charge in [0.25, 0.3) is 23.5 Å². The van der Waals surface area contributed by atoms with Gasteiger partial charge < -0.3 is 30.4 Å². The van der Waals surface area contributed by atoms with Crippen molar-refractivity contribution in [1.82, 2.24) is 48.5 Å². The molecule has 0 bridgehead atoms. The minimum absolute atomic E-state index is 0.00690. The van der Waals surface area contributed by atoms with Gasteiger partial charge in [-0.2, -0.15) is 0 Å². The second kappa shape index (κ2) is 19.2. The molecule has 0 aliphatic carbocycles. The average molecular weight is 969 g/mol. The molecule has 2 aliphatic rings. The van der Waals surface area contributed by atoms with Crippen molar-refractivity contribution in [3.8, 4) is 23.5 Å². The Morgan fingerprint density at radius 1 is 0.472 bits per heavy atom. The van der Waals surface area contributed by atoms with Crippen molar-refractivity contribution in [3.63, 3.8) is 0 Å². The first-order valence-corrected chi connectivity index (χ1v) is 23.5. The van der Waals surface area contributed by atoms with Crippen molar-refractivity contribution in [1.29, 1.82) is 10.8 Å². The standard InChI is InChI=1S/C50H52N18O4/c1-7-25-69-47-39(35-17-9-13-21-63(35)59-47)55-43-31(51)27-32(52)44(56-40-36-18-10-14-22-64(36)60-48(40)70-26-8-2)67(43)68-45(57-41-37-19-11-15-23-65(37)61-49(41)71-29(3)4)33(53)28-34(54)46(68)58-42-38-20-12-16-24-66(38)62-50(42)72-30(5)6/h9-24,27-30,51,53H,7-8,25-26,52,54H2,1-6H3. The fourth-order valence-corrected chi connectivity index (χ4v) is 7.96. The van der Waals surface area contributed by atoms with Gasteiger partial charge in [0.15, 0.2) is 46.1 Å². The molecule has 6 N–H and O–H groups in total. The number of aromatic nitrogens is 8. The van der Waals surface area contributed by atoms with Crippen LogP contribution in [-0.4, -0.2) is 109 Å². The van der Waals surface area contributed by atoms with Crippen molar-refractivity contribution in [2.75, 3.05) is 13.2 Å².